The molecule has 0 heterocycles. The molecular weight excluding hydrogens is 244 g/mol. The lowest BCUT2D eigenvalue weighted by Gasteiger charge is -2.35. The molecule has 104 valence electrons. The topological polar surface area (TPSA) is 20.2 Å². The molecule has 0 radical (unpaired) electrons. The molecule has 1 heteroatoms. The van der Waals surface area contributed by atoms with Crippen LogP contribution in [0.3, 0.4) is 0 Å². The fourth-order valence-electron chi connectivity index (χ4n) is 3.54. The van der Waals surface area contributed by atoms with Crippen LogP contribution >= 0.6 is 0 Å². The summed E-state index contributed by atoms with van der Waals surface area (Å²) in [5, 5.41) is 10.5. The number of hydrogen-bond acceptors (Lipinski definition) is 1. The molecule has 0 bridgehead atoms. The summed E-state index contributed by atoms with van der Waals surface area (Å²) in [4.78, 5) is 0. The molecule has 0 saturated heterocycles. The summed E-state index contributed by atoms with van der Waals surface area (Å²) in [6.07, 6.45) is 4.29. The summed E-state index contributed by atoms with van der Waals surface area (Å²) in [6, 6.07) is 21.3. The second kappa shape index (κ2) is 6.23. The van der Waals surface area contributed by atoms with Gasteiger partial charge in [-0.15, -0.1) is 0 Å². The van der Waals surface area contributed by atoms with E-state index >= 15 is 0 Å². The van der Waals surface area contributed by atoms with Crippen molar-refractivity contribution in [2.24, 2.45) is 5.92 Å². The highest BCUT2D eigenvalue weighted by Gasteiger charge is 2.32. The van der Waals surface area contributed by atoms with Crippen LogP contribution in [0.25, 0.3) is 0 Å². The van der Waals surface area contributed by atoms with E-state index in [1.54, 1.807) is 0 Å². The van der Waals surface area contributed by atoms with Gasteiger partial charge in [0.1, 0.15) is 0 Å². The van der Waals surface area contributed by atoms with Crippen LogP contribution in [0.4, 0.5) is 0 Å². The highest BCUT2D eigenvalue weighted by molar-refractivity contribution is 5.33. The summed E-state index contributed by atoms with van der Waals surface area (Å²) < 4.78 is 0. The highest BCUT2D eigenvalue weighted by Crippen LogP contribution is 2.40. The lowest BCUT2D eigenvalue weighted by atomic mass is 9.72. The van der Waals surface area contributed by atoms with E-state index in [-0.39, 0.29) is 6.10 Å². The smallest absolute Gasteiger partial charge is 0.0577 e. The van der Waals surface area contributed by atoms with E-state index in [1.807, 2.05) is 0 Å². The van der Waals surface area contributed by atoms with Gasteiger partial charge < -0.3 is 5.11 Å². The van der Waals surface area contributed by atoms with Crippen molar-refractivity contribution in [1.29, 1.82) is 0 Å². The molecule has 1 aliphatic carbocycles. The van der Waals surface area contributed by atoms with E-state index in [0.717, 1.165) is 19.3 Å². The number of aliphatic hydroxyl groups excluding tert-OH is 1. The van der Waals surface area contributed by atoms with Crippen molar-refractivity contribution >= 4 is 0 Å². The quantitative estimate of drug-likeness (QED) is 0.874. The van der Waals surface area contributed by atoms with Crippen LogP contribution in [-0.4, -0.2) is 11.2 Å². The second-order valence-electron chi connectivity index (χ2n) is 5.81. The number of hydrogen-bond donors (Lipinski definition) is 1. The standard InChI is InChI=1S/C19H22O/c20-18-14-8-7-13-17(18)19(15-9-3-1-4-10-15)16-11-5-2-6-12-16/h1-6,9-12,17-20H,7-8,13-14H2/t17-,18-/m1/s1. The number of aliphatic hydroxyl groups is 1. The molecule has 3 rings (SSSR count). The Balaban J connectivity index is 1.99. The normalized spacial score (nSPS) is 22.9. The lowest BCUT2D eigenvalue weighted by molar-refractivity contribution is 0.0613. The zero-order valence-electron chi connectivity index (χ0n) is 11.8. The maximum absolute atomic E-state index is 10.5. The van der Waals surface area contributed by atoms with Gasteiger partial charge in [0, 0.05) is 5.92 Å². The van der Waals surface area contributed by atoms with Gasteiger partial charge in [0.2, 0.25) is 0 Å². The summed E-state index contributed by atoms with van der Waals surface area (Å²) in [5.74, 6) is 0.654. The van der Waals surface area contributed by atoms with Crippen LogP contribution in [0.5, 0.6) is 0 Å². The molecular formula is C19H22O. The van der Waals surface area contributed by atoms with Crippen molar-refractivity contribution in [3.05, 3.63) is 71.8 Å². The molecule has 0 spiro atoms. The minimum atomic E-state index is -0.172. The van der Waals surface area contributed by atoms with Crippen molar-refractivity contribution in [2.75, 3.05) is 0 Å². The van der Waals surface area contributed by atoms with Crippen molar-refractivity contribution < 1.29 is 5.11 Å². The summed E-state index contributed by atoms with van der Waals surface area (Å²) in [6.45, 7) is 0. The van der Waals surface area contributed by atoms with E-state index in [0.29, 0.717) is 11.8 Å². The maximum Gasteiger partial charge on any atom is 0.0577 e. The molecule has 2 aromatic rings. The molecule has 1 aliphatic rings. The Hall–Kier alpha value is -1.60. The first-order valence-corrected chi connectivity index (χ1v) is 7.64. The molecule has 1 nitrogen and oxygen atoms in total. The Labute approximate surface area is 121 Å². The first kappa shape index (κ1) is 13.4. The fourth-order valence-corrected chi connectivity index (χ4v) is 3.54. The van der Waals surface area contributed by atoms with Crippen molar-refractivity contribution in [1.82, 2.24) is 0 Å². The van der Waals surface area contributed by atoms with Gasteiger partial charge in [-0.2, -0.15) is 0 Å². The number of rotatable bonds is 3. The third-order valence-corrected chi connectivity index (χ3v) is 4.53. The van der Waals surface area contributed by atoms with E-state index in [4.69, 9.17) is 0 Å². The number of benzene rings is 2. The van der Waals surface area contributed by atoms with Crippen LogP contribution in [0.1, 0.15) is 42.7 Å². The Kier molecular flexibility index (Phi) is 4.17. The first-order valence-electron chi connectivity index (χ1n) is 7.64. The van der Waals surface area contributed by atoms with Crippen LogP contribution in [0.2, 0.25) is 0 Å². The molecule has 0 amide bonds. The lowest BCUT2D eigenvalue weighted by Crippen LogP contribution is -2.30. The Bertz CT molecular complexity index is 480. The van der Waals surface area contributed by atoms with Gasteiger partial charge in [0.25, 0.3) is 0 Å². The Morgan fingerprint density at radius 2 is 1.25 bits per heavy atom. The maximum atomic E-state index is 10.5. The van der Waals surface area contributed by atoms with E-state index in [9.17, 15) is 5.11 Å². The largest absolute Gasteiger partial charge is 0.393 e. The zero-order valence-corrected chi connectivity index (χ0v) is 11.8. The summed E-state index contributed by atoms with van der Waals surface area (Å²) in [7, 11) is 0. The molecule has 1 saturated carbocycles. The molecule has 1 fully saturated rings. The highest BCUT2D eigenvalue weighted by atomic mass is 16.3. The SMILES string of the molecule is O[C@@H]1CCCC[C@H]1C(c1ccccc1)c1ccccc1. The molecule has 0 aliphatic heterocycles. The fraction of sp³-hybridized carbons (Fsp3) is 0.368. The van der Waals surface area contributed by atoms with Crippen molar-refractivity contribution in [3.63, 3.8) is 0 Å². The van der Waals surface area contributed by atoms with E-state index in [2.05, 4.69) is 60.7 Å². The summed E-state index contributed by atoms with van der Waals surface area (Å²) >= 11 is 0. The van der Waals surface area contributed by atoms with Crippen LogP contribution in [0.15, 0.2) is 60.7 Å². The Morgan fingerprint density at radius 3 is 1.75 bits per heavy atom. The van der Waals surface area contributed by atoms with Crippen LogP contribution < -0.4 is 0 Å². The minimum absolute atomic E-state index is 0.172. The van der Waals surface area contributed by atoms with Crippen molar-refractivity contribution in [3.8, 4) is 0 Å². The van der Waals surface area contributed by atoms with Gasteiger partial charge in [-0.05, 0) is 29.9 Å². The predicted molar refractivity (Wildman–Crippen MR) is 82.7 cm³/mol. The van der Waals surface area contributed by atoms with Gasteiger partial charge in [-0.3, -0.25) is 0 Å². The molecule has 20 heavy (non-hydrogen) atoms. The second-order valence-corrected chi connectivity index (χ2v) is 5.81. The monoisotopic (exact) mass is 266 g/mol. The molecule has 2 aromatic carbocycles. The average Bonchev–Trinajstić information content (AvgIpc) is 2.52. The van der Waals surface area contributed by atoms with Crippen LogP contribution in [-0.2, 0) is 0 Å². The van der Waals surface area contributed by atoms with Gasteiger partial charge >= 0.3 is 0 Å². The molecule has 0 unspecified atom stereocenters. The molecule has 1 N–H and O–H groups in total. The average molecular weight is 266 g/mol. The zero-order chi connectivity index (χ0) is 13.8. The predicted octanol–water partition coefficient (Wildman–Crippen LogP) is 4.37. The van der Waals surface area contributed by atoms with E-state index in [1.165, 1.54) is 17.5 Å². The van der Waals surface area contributed by atoms with Gasteiger partial charge in [0.15, 0.2) is 0 Å². The minimum Gasteiger partial charge on any atom is -0.393 e. The molecule has 2 atom stereocenters. The molecule has 0 aromatic heterocycles. The summed E-state index contributed by atoms with van der Waals surface area (Å²) in [5.41, 5.74) is 2.65. The third kappa shape index (κ3) is 2.78. The van der Waals surface area contributed by atoms with Gasteiger partial charge in [-0.1, -0.05) is 73.5 Å². The van der Waals surface area contributed by atoms with E-state index < -0.39 is 0 Å². The van der Waals surface area contributed by atoms with Gasteiger partial charge in [-0.25, -0.2) is 0 Å². The third-order valence-electron chi connectivity index (χ3n) is 4.53. The van der Waals surface area contributed by atoms with Crippen LogP contribution in [0, 0.1) is 5.92 Å². The first-order chi connectivity index (χ1) is 9.86. The van der Waals surface area contributed by atoms with Gasteiger partial charge in [0.05, 0.1) is 6.10 Å². The Morgan fingerprint density at radius 1 is 0.750 bits per heavy atom. The van der Waals surface area contributed by atoms with Crippen molar-refractivity contribution in [2.45, 2.75) is 37.7 Å².